The number of carbonyl (C=O) groups is 4. The van der Waals surface area contributed by atoms with Crippen molar-refractivity contribution in [1.82, 2.24) is 20.4 Å². The molecule has 6 aliphatic rings. The van der Waals surface area contributed by atoms with E-state index in [1.807, 2.05) is 46.2 Å². The SMILES string of the molecule is O=C(CCc1cc(Cl)c(CN2CCC[C@H]2C(=O)N2CCN(C3CC3)c3ccccc32)cc1Cl)NCCOCCOCCNC(=O)CCc1cc(Cl)c(CN2CCC[C@H]2C(=O)N2CCN(C3CC3)c3ccccc32)cc1Cl. The van der Waals surface area contributed by atoms with E-state index in [1.165, 1.54) is 25.7 Å². The highest BCUT2D eigenvalue weighted by molar-refractivity contribution is 6.35. The van der Waals surface area contributed by atoms with Crippen molar-refractivity contribution in [2.24, 2.45) is 0 Å². The molecule has 14 nitrogen and oxygen atoms in total. The highest BCUT2D eigenvalue weighted by Crippen LogP contribution is 2.43. The van der Waals surface area contributed by atoms with Gasteiger partial charge in [0.1, 0.15) is 0 Å². The van der Waals surface area contributed by atoms with Gasteiger partial charge in [0, 0.05) is 97.4 Å². The summed E-state index contributed by atoms with van der Waals surface area (Å²) in [4.78, 5) is 67.0. The maximum absolute atomic E-state index is 14.1. The Balaban J connectivity index is 0.575. The van der Waals surface area contributed by atoms with Crippen molar-refractivity contribution in [1.29, 1.82) is 0 Å². The van der Waals surface area contributed by atoms with Crippen molar-refractivity contribution in [2.75, 3.05) is 98.4 Å². The summed E-state index contributed by atoms with van der Waals surface area (Å²) >= 11 is 27.2. The van der Waals surface area contributed by atoms with E-state index >= 15 is 0 Å². The lowest BCUT2D eigenvalue weighted by atomic mass is 10.1. The summed E-state index contributed by atoms with van der Waals surface area (Å²) in [5.74, 6) is 0.0518. The molecule has 4 heterocycles. The molecule has 0 aromatic heterocycles. The van der Waals surface area contributed by atoms with Crippen molar-refractivity contribution in [2.45, 2.75) is 114 Å². The van der Waals surface area contributed by atoms with Crippen LogP contribution < -0.4 is 30.2 Å². The number of amides is 4. The van der Waals surface area contributed by atoms with Crippen LogP contribution in [0.1, 0.15) is 86.5 Å². The molecule has 0 radical (unpaired) electrons. The summed E-state index contributed by atoms with van der Waals surface area (Å²) in [6.07, 6.45) is 9.70. The molecule has 406 valence electrons. The van der Waals surface area contributed by atoms with Gasteiger partial charge in [-0.3, -0.25) is 29.0 Å². The number of rotatable bonds is 23. The molecule has 2 saturated carbocycles. The number of likely N-dealkylation sites (tertiary alicyclic amines) is 2. The van der Waals surface area contributed by atoms with Crippen molar-refractivity contribution in [3.8, 4) is 0 Å². The van der Waals surface area contributed by atoms with Crippen LogP contribution in [0.4, 0.5) is 22.7 Å². The number of hydrogen-bond acceptors (Lipinski definition) is 10. The Morgan fingerprint density at radius 2 is 0.855 bits per heavy atom. The number of anilines is 4. The molecule has 4 aromatic carbocycles. The molecule has 4 aliphatic heterocycles. The van der Waals surface area contributed by atoms with Gasteiger partial charge in [0.15, 0.2) is 0 Å². The van der Waals surface area contributed by atoms with Crippen LogP contribution in [0.3, 0.4) is 0 Å². The van der Waals surface area contributed by atoms with Crippen LogP contribution in [0, 0.1) is 0 Å². The smallest absolute Gasteiger partial charge is 0.244 e. The van der Waals surface area contributed by atoms with Gasteiger partial charge in [-0.1, -0.05) is 70.7 Å². The Labute approximate surface area is 467 Å². The van der Waals surface area contributed by atoms with E-state index < -0.39 is 0 Å². The molecule has 2 atom stereocenters. The minimum absolute atomic E-state index is 0.118. The summed E-state index contributed by atoms with van der Waals surface area (Å²) < 4.78 is 11.3. The maximum Gasteiger partial charge on any atom is 0.244 e. The van der Waals surface area contributed by atoms with Gasteiger partial charge in [-0.25, -0.2) is 0 Å². The zero-order valence-corrected chi connectivity index (χ0v) is 46.3. The van der Waals surface area contributed by atoms with Gasteiger partial charge in [0.2, 0.25) is 23.6 Å². The quantitative estimate of drug-likeness (QED) is 0.0695. The van der Waals surface area contributed by atoms with Crippen LogP contribution >= 0.6 is 46.4 Å². The minimum Gasteiger partial charge on any atom is -0.377 e. The summed E-state index contributed by atoms with van der Waals surface area (Å²) in [5.41, 5.74) is 7.66. The van der Waals surface area contributed by atoms with Gasteiger partial charge in [-0.2, -0.15) is 0 Å². The second kappa shape index (κ2) is 25.4. The number of aryl methyl sites for hydroxylation is 2. The molecular formula is C58H70Cl4N8O6. The summed E-state index contributed by atoms with van der Waals surface area (Å²) in [6.45, 7) is 7.80. The molecule has 2 saturated heterocycles. The first-order chi connectivity index (χ1) is 37.0. The normalized spacial score (nSPS) is 19.7. The van der Waals surface area contributed by atoms with Gasteiger partial charge in [0.25, 0.3) is 0 Å². The summed E-state index contributed by atoms with van der Waals surface area (Å²) in [7, 11) is 0. The fourth-order valence-electron chi connectivity index (χ4n) is 11.5. The Kier molecular flexibility index (Phi) is 18.3. The third-order valence-corrected chi connectivity index (χ3v) is 17.2. The third kappa shape index (κ3) is 13.3. The van der Waals surface area contributed by atoms with Gasteiger partial charge in [-0.05, 0) is 148 Å². The molecular weight excluding hydrogens is 1050 g/mol. The first-order valence-electron chi connectivity index (χ1n) is 27.5. The molecule has 2 N–H and O–H groups in total. The zero-order valence-electron chi connectivity index (χ0n) is 43.3. The number of benzene rings is 4. The molecule has 4 amide bonds. The van der Waals surface area contributed by atoms with Gasteiger partial charge in [0.05, 0.1) is 61.3 Å². The topological polar surface area (TPSA) is 130 Å². The van der Waals surface area contributed by atoms with Crippen molar-refractivity contribution in [3.63, 3.8) is 0 Å². The first kappa shape index (κ1) is 54.7. The standard InChI is InChI=1S/C58H70Cl4N8O6/c59-45-35-41(37-65-23-5-11-53(65)57(73)69-27-25-67(43-15-16-43)49-7-1-3-9-51(49)69)47(61)33-39(45)13-19-55(71)63-21-29-75-31-32-76-30-22-64-56(72)20-14-40-34-48(62)42(36-46(40)60)38-66-24-6-12-54(66)58(74)70-28-26-68(44-17-18-44)50-8-2-4-10-52(50)70/h1-4,7-10,33-36,43-44,53-54H,5-6,11-32,37-38H2,(H,63,71)(H,64,72)/t53-,54-/m0/s1. The van der Waals surface area contributed by atoms with Crippen molar-refractivity contribution >= 4 is 92.8 Å². The fourth-order valence-corrected chi connectivity index (χ4v) is 12.6. The maximum atomic E-state index is 14.1. The van der Waals surface area contributed by atoms with Crippen LogP contribution in [0.15, 0.2) is 72.8 Å². The molecule has 0 bridgehead atoms. The lowest BCUT2D eigenvalue weighted by Gasteiger charge is -2.40. The lowest BCUT2D eigenvalue weighted by Crippen LogP contribution is -2.51. The fraction of sp³-hybridized carbons (Fsp3) is 0.517. The summed E-state index contributed by atoms with van der Waals surface area (Å²) in [5, 5.41) is 8.05. The summed E-state index contributed by atoms with van der Waals surface area (Å²) in [6, 6.07) is 24.7. The third-order valence-electron chi connectivity index (χ3n) is 15.8. The monoisotopic (exact) mass is 1110 g/mol. The minimum atomic E-state index is -0.227. The number of fused-ring (bicyclic) bond motifs is 2. The average molecular weight is 1120 g/mol. The Morgan fingerprint density at radius 3 is 1.26 bits per heavy atom. The van der Waals surface area contributed by atoms with Crippen LogP contribution in [-0.4, -0.2) is 136 Å². The van der Waals surface area contributed by atoms with E-state index in [0.717, 1.165) is 96.9 Å². The number of halogens is 4. The van der Waals surface area contributed by atoms with Crippen molar-refractivity contribution < 1.29 is 28.7 Å². The van der Waals surface area contributed by atoms with Gasteiger partial charge in [-0.15, -0.1) is 0 Å². The average Bonchev–Trinajstić information content (AvgIpc) is 4.37. The zero-order chi connectivity index (χ0) is 52.7. The van der Waals surface area contributed by atoms with E-state index in [-0.39, 0.29) is 48.6 Å². The van der Waals surface area contributed by atoms with Gasteiger partial charge >= 0.3 is 0 Å². The van der Waals surface area contributed by atoms with Crippen molar-refractivity contribution in [3.05, 3.63) is 115 Å². The number of ether oxygens (including phenoxy) is 2. The number of carbonyl (C=O) groups excluding carboxylic acids is 4. The second-order valence-corrected chi connectivity index (χ2v) is 22.7. The highest BCUT2D eigenvalue weighted by Gasteiger charge is 2.42. The van der Waals surface area contributed by atoms with E-state index in [1.54, 1.807) is 0 Å². The number of para-hydroxylation sites is 4. The molecule has 0 unspecified atom stereocenters. The number of nitrogens with one attached hydrogen (secondary N) is 2. The second-order valence-electron chi connectivity index (χ2n) is 21.1. The molecule has 4 fully saturated rings. The van der Waals surface area contributed by atoms with E-state index in [4.69, 9.17) is 55.9 Å². The predicted molar refractivity (Wildman–Crippen MR) is 302 cm³/mol. The largest absolute Gasteiger partial charge is 0.377 e. The van der Waals surface area contributed by atoms with Gasteiger partial charge < -0.3 is 39.7 Å². The molecule has 2 aliphatic carbocycles. The molecule has 4 aromatic rings. The Hall–Kier alpha value is -4.64. The van der Waals surface area contributed by atoms with E-state index in [9.17, 15) is 19.2 Å². The molecule has 0 spiro atoms. The van der Waals surface area contributed by atoms with Crippen LogP contribution in [-0.2, 0) is 54.6 Å². The first-order valence-corrected chi connectivity index (χ1v) is 29.0. The molecule has 76 heavy (non-hydrogen) atoms. The van der Waals surface area contributed by atoms with Crippen LogP contribution in [0.2, 0.25) is 20.1 Å². The Bertz CT molecular complexity index is 2560. The van der Waals surface area contributed by atoms with Crippen LogP contribution in [0.25, 0.3) is 0 Å². The number of nitrogens with zero attached hydrogens (tertiary/aromatic N) is 6. The Morgan fingerprint density at radius 1 is 0.474 bits per heavy atom. The number of hydrogen-bond donors (Lipinski definition) is 2. The lowest BCUT2D eigenvalue weighted by molar-refractivity contribution is -0.123. The van der Waals surface area contributed by atoms with E-state index in [2.05, 4.69) is 66.6 Å². The highest BCUT2D eigenvalue weighted by atomic mass is 35.5. The van der Waals surface area contributed by atoms with Crippen LogP contribution in [0.5, 0.6) is 0 Å². The molecule has 10 rings (SSSR count). The predicted octanol–water partition coefficient (Wildman–Crippen LogP) is 9.09. The molecule has 18 heteroatoms. The van der Waals surface area contributed by atoms with E-state index in [0.29, 0.717) is 111 Å².